The number of benzene rings is 3. The van der Waals surface area contributed by atoms with Gasteiger partial charge in [-0.15, -0.1) is 0 Å². The van der Waals surface area contributed by atoms with Crippen LogP contribution >= 0.6 is 0 Å². The lowest BCUT2D eigenvalue weighted by Gasteiger charge is -2.35. The van der Waals surface area contributed by atoms with Gasteiger partial charge in [-0.2, -0.15) is 0 Å². The summed E-state index contributed by atoms with van der Waals surface area (Å²) in [5.41, 5.74) is 3.15. The van der Waals surface area contributed by atoms with Gasteiger partial charge < -0.3 is 15.0 Å². The molecule has 0 spiro atoms. The van der Waals surface area contributed by atoms with E-state index in [-0.39, 0.29) is 11.9 Å². The minimum Gasteiger partial charge on any atom is -0.497 e. The molecule has 4 nitrogen and oxygen atoms in total. The zero-order valence-corrected chi connectivity index (χ0v) is 18.7. The zero-order valence-electron chi connectivity index (χ0n) is 18.7. The normalized spacial score (nSPS) is 15.0. The van der Waals surface area contributed by atoms with Crippen LogP contribution in [-0.2, 0) is 11.3 Å². The van der Waals surface area contributed by atoms with E-state index in [0.717, 1.165) is 29.8 Å². The molecule has 0 heterocycles. The second-order valence-corrected chi connectivity index (χ2v) is 8.47. The molecular formula is C28H32N2O2. The van der Waals surface area contributed by atoms with Crippen LogP contribution in [0.15, 0.2) is 84.9 Å². The van der Waals surface area contributed by atoms with E-state index in [1.165, 1.54) is 24.8 Å². The first-order chi connectivity index (χ1) is 15.7. The van der Waals surface area contributed by atoms with E-state index in [1.807, 2.05) is 60.7 Å². The van der Waals surface area contributed by atoms with Crippen molar-refractivity contribution in [3.8, 4) is 5.75 Å². The van der Waals surface area contributed by atoms with Gasteiger partial charge in [-0.1, -0.05) is 79.9 Å². The van der Waals surface area contributed by atoms with Gasteiger partial charge in [0.25, 0.3) is 0 Å². The summed E-state index contributed by atoms with van der Waals surface area (Å²) in [6, 6.07) is 28.2. The number of rotatable bonds is 8. The molecule has 0 bridgehead atoms. The number of nitrogens with zero attached hydrogens (tertiary/aromatic N) is 1. The fraction of sp³-hybridized carbons (Fsp3) is 0.321. The molecule has 32 heavy (non-hydrogen) atoms. The van der Waals surface area contributed by atoms with E-state index >= 15 is 0 Å². The van der Waals surface area contributed by atoms with E-state index in [2.05, 4.69) is 34.5 Å². The third-order valence-corrected chi connectivity index (χ3v) is 6.23. The van der Waals surface area contributed by atoms with Crippen LogP contribution in [-0.4, -0.2) is 19.1 Å². The predicted molar refractivity (Wildman–Crippen MR) is 130 cm³/mol. The summed E-state index contributed by atoms with van der Waals surface area (Å²) in [6.07, 6.45) is 5.75. The maximum absolute atomic E-state index is 13.8. The number of methoxy groups -OCH3 is 1. The number of carbonyl (C=O) groups is 1. The van der Waals surface area contributed by atoms with Crippen LogP contribution in [0.2, 0.25) is 0 Å². The van der Waals surface area contributed by atoms with E-state index in [9.17, 15) is 4.79 Å². The van der Waals surface area contributed by atoms with Crippen molar-refractivity contribution >= 4 is 11.6 Å². The molecule has 166 valence electrons. The molecular weight excluding hydrogens is 396 g/mol. The van der Waals surface area contributed by atoms with Gasteiger partial charge in [0.15, 0.2) is 0 Å². The van der Waals surface area contributed by atoms with E-state index in [1.54, 1.807) is 7.11 Å². The molecule has 3 aromatic rings. The van der Waals surface area contributed by atoms with Gasteiger partial charge in [0, 0.05) is 18.3 Å². The smallest absolute Gasteiger partial charge is 0.247 e. The largest absolute Gasteiger partial charge is 0.497 e. The molecule has 4 rings (SSSR count). The number of nitrogens with one attached hydrogen (secondary N) is 1. The van der Waals surface area contributed by atoms with Crippen molar-refractivity contribution in [2.75, 3.05) is 12.0 Å². The molecule has 1 fully saturated rings. The maximum atomic E-state index is 13.8. The Morgan fingerprint density at radius 3 is 2.16 bits per heavy atom. The molecule has 4 heteroatoms. The molecule has 1 aliphatic rings. The zero-order chi connectivity index (χ0) is 22.2. The van der Waals surface area contributed by atoms with Crippen molar-refractivity contribution in [2.24, 2.45) is 0 Å². The lowest BCUT2D eigenvalue weighted by atomic mass is 9.94. The van der Waals surface area contributed by atoms with Gasteiger partial charge in [0.05, 0.1) is 7.11 Å². The second kappa shape index (κ2) is 10.9. The number of amides is 1. The minimum atomic E-state index is -0.439. The van der Waals surface area contributed by atoms with Crippen LogP contribution in [0.25, 0.3) is 0 Å². The Morgan fingerprint density at radius 2 is 1.53 bits per heavy atom. The van der Waals surface area contributed by atoms with Crippen molar-refractivity contribution in [1.82, 2.24) is 5.32 Å². The average molecular weight is 429 g/mol. The number of hydrogen-bond donors (Lipinski definition) is 1. The topological polar surface area (TPSA) is 41.6 Å². The Hall–Kier alpha value is -3.27. The standard InChI is InChI=1S/C28H32N2O2/c1-32-26-19-17-23(18-20-26)27(28(31)29-24-13-7-3-8-14-24)30(25-15-9-4-10-16-25)21-22-11-5-2-6-12-22/h2,4-6,9-12,15-20,24,27H,3,7-8,13-14,21H2,1H3,(H,29,31)/t27-/m1/s1. The summed E-state index contributed by atoms with van der Waals surface area (Å²) in [7, 11) is 1.66. The lowest BCUT2D eigenvalue weighted by Crippen LogP contribution is -2.45. The Kier molecular flexibility index (Phi) is 7.44. The fourth-order valence-electron chi connectivity index (χ4n) is 4.52. The highest BCUT2D eigenvalue weighted by atomic mass is 16.5. The van der Waals surface area contributed by atoms with Crippen molar-refractivity contribution in [3.05, 3.63) is 96.1 Å². The maximum Gasteiger partial charge on any atom is 0.247 e. The molecule has 1 amide bonds. The third kappa shape index (κ3) is 5.50. The van der Waals surface area contributed by atoms with Crippen molar-refractivity contribution < 1.29 is 9.53 Å². The molecule has 0 unspecified atom stereocenters. The predicted octanol–water partition coefficient (Wildman–Crippen LogP) is 5.89. The molecule has 0 aromatic heterocycles. The van der Waals surface area contributed by atoms with Gasteiger partial charge in [-0.25, -0.2) is 0 Å². The Bertz CT molecular complexity index is 967. The number of ether oxygens (including phenoxy) is 1. The van der Waals surface area contributed by atoms with Crippen LogP contribution in [0.5, 0.6) is 5.75 Å². The molecule has 1 saturated carbocycles. The first-order valence-corrected chi connectivity index (χ1v) is 11.5. The van der Waals surface area contributed by atoms with Gasteiger partial charge in [0.2, 0.25) is 5.91 Å². The number of carbonyl (C=O) groups excluding carboxylic acids is 1. The van der Waals surface area contributed by atoms with Gasteiger partial charge in [0.1, 0.15) is 11.8 Å². The van der Waals surface area contributed by atoms with Gasteiger partial charge >= 0.3 is 0 Å². The van der Waals surface area contributed by atoms with E-state index in [0.29, 0.717) is 6.54 Å². The summed E-state index contributed by atoms with van der Waals surface area (Å²) in [5, 5.41) is 3.37. The molecule has 0 radical (unpaired) electrons. The van der Waals surface area contributed by atoms with Gasteiger partial charge in [-0.3, -0.25) is 4.79 Å². The van der Waals surface area contributed by atoms with Crippen molar-refractivity contribution in [2.45, 2.75) is 50.7 Å². The Balaban J connectivity index is 1.71. The molecule has 1 N–H and O–H groups in total. The highest BCUT2D eigenvalue weighted by molar-refractivity contribution is 5.87. The van der Waals surface area contributed by atoms with E-state index in [4.69, 9.17) is 4.74 Å². The number of anilines is 1. The second-order valence-electron chi connectivity index (χ2n) is 8.47. The minimum absolute atomic E-state index is 0.0573. The lowest BCUT2D eigenvalue weighted by molar-refractivity contribution is -0.123. The summed E-state index contributed by atoms with van der Waals surface area (Å²) in [6.45, 7) is 0.639. The Morgan fingerprint density at radius 1 is 0.906 bits per heavy atom. The molecule has 1 atom stereocenters. The van der Waals surface area contributed by atoms with Crippen LogP contribution < -0.4 is 15.0 Å². The Labute approximate surface area is 191 Å². The molecule has 1 aliphatic carbocycles. The summed E-state index contributed by atoms with van der Waals surface area (Å²) in [4.78, 5) is 16.0. The highest BCUT2D eigenvalue weighted by Crippen LogP contribution is 2.31. The first kappa shape index (κ1) is 21.9. The monoisotopic (exact) mass is 428 g/mol. The number of hydrogen-bond acceptors (Lipinski definition) is 3. The van der Waals surface area contributed by atoms with Crippen LogP contribution in [0.3, 0.4) is 0 Å². The summed E-state index contributed by atoms with van der Waals surface area (Å²) >= 11 is 0. The highest BCUT2D eigenvalue weighted by Gasteiger charge is 2.30. The molecule has 0 aliphatic heterocycles. The third-order valence-electron chi connectivity index (χ3n) is 6.23. The van der Waals surface area contributed by atoms with Crippen LogP contribution in [0.1, 0.15) is 49.3 Å². The number of para-hydroxylation sites is 1. The molecule has 3 aromatic carbocycles. The van der Waals surface area contributed by atoms with Crippen molar-refractivity contribution in [1.29, 1.82) is 0 Å². The SMILES string of the molecule is COc1ccc([C@H](C(=O)NC2CCCCC2)N(Cc2ccccc2)c2ccccc2)cc1. The van der Waals surface area contributed by atoms with Crippen molar-refractivity contribution in [3.63, 3.8) is 0 Å². The average Bonchev–Trinajstić information content (AvgIpc) is 2.86. The summed E-state index contributed by atoms with van der Waals surface area (Å²) < 4.78 is 5.36. The van der Waals surface area contributed by atoms with Crippen LogP contribution in [0.4, 0.5) is 5.69 Å². The van der Waals surface area contributed by atoms with Crippen LogP contribution in [0, 0.1) is 0 Å². The first-order valence-electron chi connectivity index (χ1n) is 11.5. The quantitative estimate of drug-likeness (QED) is 0.486. The summed E-state index contributed by atoms with van der Waals surface area (Å²) in [5.74, 6) is 0.844. The fourth-order valence-corrected chi connectivity index (χ4v) is 4.52. The molecule has 0 saturated heterocycles. The van der Waals surface area contributed by atoms with Gasteiger partial charge in [-0.05, 0) is 48.2 Å². The van der Waals surface area contributed by atoms with E-state index < -0.39 is 6.04 Å².